The Labute approximate surface area is 124 Å². The Morgan fingerprint density at radius 2 is 2.00 bits per heavy atom. The second-order valence-corrected chi connectivity index (χ2v) is 5.24. The number of anilines is 1. The van der Waals surface area contributed by atoms with E-state index in [0.29, 0.717) is 27.7 Å². The normalized spacial score (nSPS) is 10.7. The molecule has 0 spiro atoms. The Balaban J connectivity index is 2.25. The predicted octanol–water partition coefficient (Wildman–Crippen LogP) is 4.14. The molecule has 0 amide bonds. The fourth-order valence-corrected chi connectivity index (χ4v) is 1.91. The Bertz CT molecular complexity index is 620. The fourth-order valence-electron chi connectivity index (χ4n) is 1.48. The summed E-state index contributed by atoms with van der Waals surface area (Å²) in [5, 5.41) is 0. The van der Waals surface area contributed by atoms with E-state index in [9.17, 15) is 4.39 Å². The van der Waals surface area contributed by atoms with Crippen LogP contribution in [0.5, 0.6) is 17.5 Å². The minimum Gasteiger partial charge on any atom is -0.473 e. The van der Waals surface area contributed by atoms with Crippen molar-refractivity contribution in [3.05, 3.63) is 40.6 Å². The molecule has 0 radical (unpaired) electrons. The first-order valence-electron chi connectivity index (χ1n) is 6.02. The lowest BCUT2D eigenvalue weighted by Gasteiger charge is -2.13. The Hall–Kier alpha value is -1.82. The molecule has 20 heavy (non-hydrogen) atoms. The van der Waals surface area contributed by atoms with Crippen molar-refractivity contribution in [3.8, 4) is 17.5 Å². The van der Waals surface area contributed by atoms with Gasteiger partial charge < -0.3 is 15.2 Å². The monoisotopic (exact) mass is 340 g/mol. The van der Waals surface area contributed by atoms with Gasteiger partial charge in [-0.2, -0.15) is 4.98 Å². The third-order valence-electron chi connectivity index (χ3n) is 2.32. The molecule has 0 unspecified atom stereocenters. The van der Waals surface area contributed by atoms with Crippen molar-refractivity contribution < 1.29 is 13.9 Å². The minimum atomic E-state index is -0.349. The molecule has 0 aliphatic rings. The van der Waals surface area contributed by atoms with Crippen LogP contribution in [0, 0.1) is 5.82 Å². The lowest BCUT2D eigenvalue weighted by Crippen LogP contribution is -2.09. The Kier molecular flexibility index (Phi) is 4.44. The van der Waals surface area contributed by atoms with Crippen LogP contribution in [0.1, 0.15) is 13.8 Å². The van der Waals surface area contributed by atoms with Gasteiger partial charge in [-0.1, -0.05) is 0 Å². The standard InChI is InChI=1S/C14H14BrFN2O2/c1-8(2)19-14-11(17)4-6-13(18-14)20-12-5-3-9(16)7-10(12)15/h3-8H,17H2,1-2H3. The highest BCUT2D eigenvalue weighted by Gasteiger charge is 2.10. The van der Waals surface area contributed by atoms with Gasteiger partial charge in [0.25, 0.3) is 0 Å². The molecule has 1 aromatic carbocycles. The molecule has 106 valence electrons. The maximum absolute atomic E-state index is 13.0. The van der Waals surface area contributed by atoms with Crippen LogP contribution < -0.4 is 15.2 Å². The molecule has 0 aliphatic heterocycles. The second-order valence-electron chi connectivity index (χ2n) is 4.39. The van der Waals surface area contributed by atoms with Crippen LogP contribution in [0.25, 0.3) is 0 Å². The van der Waals surface area contributed by atoms with Crippen LogP contribution in [0.15, 0.2) is 34.8 Å². The van der Waals surface area contributed by atoms with E-state index in [1.165, 1.54) is 18.2 Å². The third-order valence-corrected chi connectivity index (χ3v) is 2.94. The molecule has 6 heteroatoms. The number of nitrogen functional groups attached to an aromatic ring is 1. The average Bonchev–Trinajstić information content (AvgIpc) is 2.36. The van der Waals surface area contributed by atoms with Crippen LogP contribution in [-0.2, 0) is 0 Å². The number of rotatable bonds is 4. The van der Waals surface area contributed by atoms with E-state index in [4.69, 9.17) is 15.2 Å². The number of nitrogens with zero attached hydrogens (tertiary/aromatic N) is 1. The lowest BCUT2D eigenvalue weighted by atomic mass is 10.3. The molecule has 2 rings (SSSR count). The van der Waals surface area contributed by atoms with Gasteiger partial charge in [0.2, 0.25) is 11.8 Å². The maximum atomic E-state index is 13.0. The zero-order valence-corrected chi connectivity index (χ0v) is 12.6. The summed E-state index contributed by atoms with van der Waals surface area (Å²) in [6.45, 7) is 3.76. The number of ether oxygens (including phenoxy) is 2. The zero-order chi connectivity index (χ0) is 14.7. The smallest absolute Gasteiger partial charge is 0.240 e. The largest absolute Gasteiger partial charge is 0.473 e. The Morgan fingerprint density at radius 3 is 2.65 bits per heavy atom. The van der Waals surface area contributed by atoms with Gasteiger partial charge in [-0.3, -0.25) is 0 Å². The number of nitrogens with two attached hydrogens (primary N) is 1. The number of pyridine rings is 1. The number of hydrogen-bond acceptors (Lipinski definition) is 4. The van der Waals surface area contributed by atoms with Gasteiger partial charge >= 0.3 is 0 Å². The molecule has 0 saturated carbocycles. The molecule has 1 aromatic heterocycles. The van der Waals surface area contributed by atoms with Crippen LogP contribution in [0.2, 0.25) is 0 Å². The van der Waals surface area contributed by atoms with Crippen molar-refractivity contribution in [1.82, 2.24) is 4.98 Å². The molecule has 2 aromatic rings. The molecule has 0 saturated heterocycles. The molecule has 0 fully saturated rings. The van der Waals surface area contributed by atoms with Gasteiger partial charge in [0.15, 0.2) is 0 Å². The topological polar surface area (TPSA) is 57.4 Å². The average molecular weight is 341 g/mol. The highest BCUT2D eigenvalue weighted by molar-refractivity contribution is 9.10. The molecule has 0 aliphatic carbocycles. The number of hydrogen-bond donors (Lipinski definition) is 1. The first-order chi connectivity index (χ1) is 9.45. The van der Waals surface area contributed by atoms with Gasteiger partial charge in [0, 0.05) is 6.07 Å². The summed E-state index contributed by atoms with van der Waals surface area (Å²) in [6, 6.07) is 7.41. The SMILES string of the molecule is CC(C)Oc1nc(Oc2ccc(F)cc2Br)ccc1N. The second kappa shape index (κ2) is 6.09. The van der Waals surface area contributed by atoms with Crippen LogP contribution in [-0.4, -0.2) is 11.1 Å². The predicted molar refractivity (Wildman–Crippen MR) is 78.6 cm³/mol. The summed E-state index contributed by atoms with van der Waals surface area (Å²) in [6.07, 6.45) is -0.0439. The van der Waals surface area contributed by atoms with Crippen molar-refractivity contribution in [2.45, 2.75) is 20.0 Å². The third kappa shape index (κ3) is 3.60. The van der Waals surface area contributed by atoms with Crippen molar-refractivity contribution >= 4 is 21.6 Å². The highest BCUT2D eigenvalue weighted by atomic mass is 79.9. The summed E-state index contributed by atoms with van der Waals surface area (Å²) < 4.78 is 24.6. The number of benzene rings is 1. The van der Waals surface area contributed by atoms with Crippen LogP contribution in [0.4, 0.5) is 10.1 Å². The molecular formula is C14H14BrFN2O2. The summed E-state index contributed by atoms with van der Waals surface area (Å²) in [4.78, 5) is 4.19. The van der Waals surface area contributed by atoms with Gasteiger partial charge in [-0.05, 0) is 54.0 Å². The fraction of sp³-hybridized carbons (Fsp3) is 0.214. The first-order valence-corrected chi connectivity index (χ1v) is 6.81. The molecule has 4 nitrogen and oxygen atoms in total. The summed E-state index contributed by atoms with van der Waals surface area (Å²) in [5.74, 6) is 0.746. The van der Waals surface area contributed by atoms with Crippen molar-refractivity contribution in [2.75, 3.05) is 5.73 Å². The number of halogens is 2. The molecular weight excluding hydrogens is 327 g/mol. The molecule has 0 atom stereocenters. The van der Waals surface area contributed by atoms with Crippen LogP contribution in [0.3, 0.4) is 0 Å². The molecule has 0 bridgehead atoms. The highest BCUT2D eigenvalue weighted by Crippen LogP contribution is 2.31. The van der Waals surface area contributed by atoms with E-state index in [-0.39, 0.29) is 11.9 Å². The van der Waals surface area contributed by atoms with Gasteiger partial charge in [0.1, 0.15) is 11.6 Å². The molecule has 1 heterocycles. The zero-order valence-electron chi connectivity index (χ0n) is 11.1. The van der Waals surface area contributed by atoms with Gasteiger partial charge in [-0.25, -0.2) is 4.39 Å². The maximum Gasteiger partial charge on any atom is 0.240 e. The van der Waals surface area contributed by atoms with Gasteiger partial charge in [0.05, 0.1) is 16.3 Å². The lowest BCUT2D eigenvalue weighted by molar-refractivity contribution is 0.232. The van der Waals surface area contributed by atoms with E-state index in [2.05, 4.69) is 20.9 Å². The van der Waals surface area contributed by atoms with E-state index < -0.39 is 0 Å². The van der Waals surface area contributed by atoms with Crippen LogP contribution >= 0.6 is 15.9 Å². The first kappa shape index (κ1) is 14.6. The summed E-state index contributed by atoms with van der Waals surface area (Å²) >= 11 is 3.23. The van der Waals surface area contributed by atoms with E-state index in [0.717, 1.165) is 0 Å². The Morgan fingerprint density at radius 1 is 1.25 bits per heavy atom. The van der Waals surface area contributed by atoms with E-state index in [1.807, 2.05) is 13.8 Å². The summed E-state index contributed by atoms with van der Waals surface area (Å²) in [5.41, 5.74) is 6.21. The quantitative estimate of drug-likeness (QED) is 0.908. The van der Waals surface area contributed by atoms with Gasteiger partial charge in [-0.15, -0.1) is 0 Å². The summed E-state index contributed by atoms with van der Waals surface area (Å²) in [7, 11) is 0. The molecule has 2 N–H and O–H groups in total. The number of aromatic nitrogens is 1. The minimum absolute atomic E-state index is 0.0439. The van der Waals surface area contributed by atoms with Crippen molar-refractivity contribution in [3.63, 3.8) is 0 Å². The van der Waals surface area contributed by atoms with E-state index in [1.54, 1.807) is 12.1 Å². The van der Waals surface area contributed by atoms with Crippen molar-refractivity contribution in [2.24, 2.45) is 0 Å². The van der Waals surface area contributed by atoms with E-state index >= 15 is 0 Å². The van der Waals surface area contributed by atoms with Crippen molar-refractivity contribution in [1.29, 1.82) is 0 Å².